The van der Waals surface area contributed by atoms with Crippen LogP contribution in [0.3, 0.4) is 0 Å². The van der Waals surface area contributed by atoms with Crippen LogP contribution >= 0.6 is 0 Å². The number of rotatable bonds is 9. The summed E-state index contributed by atoms with van der Waals surface area (Å²) in [6.07, 6.45) is 4.93. The SMILES string of the molecule is C[N+]1(C)CCC(OC(=O)Nc2cc(CCCC(=O)Nc3ccc(C=O)cn3)ccc2-c2ccccc2)CC1.[I-]. The maximum absolute atomic E-state index is 12.8. The number of anilines is 2. The molecular weight excluding hydrogens is 607 g/mol. The Hall–Kier alpha value is -3.31. The summed E-state index contributed by atoms with van der Waals surface area (Å²) in [6.45, 7) is 1.97. The Bertz CT molecular complexity index is 1260. The minimum Gasteiger partial charge on any atom is -1.00 e. The average molecular weight is 643 g/mol. The van der Waals surface area contributed by atoms with Gasteiger partial charge in [-0.1, -0.05) is 42.5 Å². The first-order valence-electron chi connectivity index (χ1n) is 13.0. The van der Waals surface area contributed by atoms with E-state index in [1.54, 1.807) is 12.1 Å². The molecule has 2 aromatic carbocycles. The number of aromatic nitrogens is 1. The van der Waals surface area contributed by atoms with Crippen molar-refractivity contribution in [1.82, 2.24) is 4.98 Å². The topological polar surface area (TPSA) is 97.4 Å². The van der Waals surface area contributed by atoms with Gasteiger partial charge in [0.05, 0.1) is 32.9 Å². The van der Waals surface area contributed by atoms with Gasteiger partial charge in [0.1, 0.15) is 11.9 Å². The van der Waals surface area contributed by atoms with Crippen molar-refractivity contribution in [3.05, 3.63) is 78.0 Å². The van der Waals surface area contributed by atoms with E-state index in [9.17, 15) is 14.4 Å². The highest BCUT2D eigenvalue weighted by atomic mass is 127. The van der Waals surface area contributed by atoms with E-state index in [1.807, 2.05) is 48.5 Å². The second-order valence-corrected chi connectivity index (χ2v) is 10.4. The fraction of sp³-hybridized carbons (Fsp3) is 0.333. The first kappa shape index (κ1) is 30.2. The molecule has 206 valence electrons. The van der Waals surface area contributed by atoms with Crippen molar-refractivity contribution in [1.29, 1.82) is 0 Å². The van der Waals surface area contributed by atoms with Crippen molar-refractivity contribution >= 4 is 29.8 Å². The Labute approximate surface area is 246 Å². The molecule has 3 aromatic rings. The zero-order valence-electron chi connectivity index (χ0n) is 22.4. The van der Waals surface area contributed by atoms with Gasteiger partial charge in [0, 0.05) is 36.6 Å². The third-order valence-electron chi connectivity index (χ3n) is 6.85. The van der Waals surface area contributed by atoms with Crippen molar-refractivity contribution in [3.63, 3.8) is 0 Å². The van der Waals surface area contributed by atoms with Crippen LogP contribution in [0.15, 0.2) is 66.9 Å². The number of quaternary nitrogens is 1. The molecule has 0 saturated carbocycles. The van der Waals surface area contributed by atoms with Crippen molar-refractivity contribution in [3.8, 4) is 11.1 Å². The molecule has 1 fully saturated rings. The van der Waals surface area contributed by atoms with E-state index in [1.165, 1.54) is 6.20 Å². The van der Waals surface area contributed by atoms with Crippen LogP contribution in [0.5, 0.6) is 0 Å². The highest BCUT2D eigenvalue weighted by Gasteiger charge is 2.28. The van der Waals surface area contributed by atoms with E-state index in [2.05, 4.69) is 29.7 Å². The number of hydrogen-bond donors (Lipinski definition) is 2. The summed E-state index contributed by atoms with van der Waals surface area (Å²) in [5.41, 5.74) is 4.07. The molecule has 0 spiro atoms. The van der Waals surface area contributed by atoms with E-state index >= 15 is 0 Å². The smallest absolute Gasteiger partial charge is 0.411 e. The molecule has 2 amide bonds. The number of aldehydes is 1. The molecule has 1 saturated heterocycles. The number of pyridine rings is 1. The fourth-order valence-electron chi connectivity index (χ4n) is 4.58. The van der Waals surface area contributed by atoms with Crippen LogP contribution in [-0.4, -0.2) is 61.0 Å². The molecule has 1 aromatic heterocycles. The summed E-state index contributed by atoms with van der Waals surface area (Å²) >= 11 is 0. The third-order valence-corrected chi connectivity index (χ3v) is 6.85. The van der Waals surface area contributed by atoms with Gasteiger partial charge in [0.25, 0.3) is 0 Å². The molecule has 4 rings (SSSR count). The summed E-state index contributed by atoms with van der Waals surface area (Å²) in [5.74, 6) is 0.270. The standard InChI is InChI=1S/C30H34N4O4.HI/c1-34(2)17-15-25(16-18-34)38-30(37)32-27-19-22(11-13-26(27)24-8-4-3-5-9-24)7-6-10-29(36)33-28-14-12-23(21-35)20-31-28;/h3-5,8-9,11-14,19-21,25H,6-7,10,15-18H2,1-2H3,(H-,31,32,33,35,36,37);1H. The number of nitrogens with zero attached hydrogens (tertiary/aromatic N) is 2. The number of amides is 2. The first-order chi connectivity index (χ1) is 18.3. The van der Waals surface area contributed by atoms with Gasteiger partial charge in [-0.15, -0.1) is 0 Å². The van der Waals surface area contributed by atoms with E-state index in [-0.39, 0.29) is 36.0 Å². The minimum absolute atomic E-state index is 0. The predicted molar refractivity (Wildman–Crippen MR) is 148 cm³/mol. The molecule has 1 aliphatic rings. The van der Waals surface area contributed by atoms with Gasteiger partial charge < -0.3 is 38.5 Å². The first-order valence-corrected chi connectivity index (χ1v) is 13.0. The van der Waals surface area contributed by atoms with Gasteiger partial charge in [-0.25, -0.2) is 9.78 Å². The number of ether oxygens (including phenoxy) is 1. The van der Waals surface area contributed by atoms with Gasteiger partial charge in [-0.2, -0.15) is 0 Å². The van der Waals surface area contributed by atoms with Crippen molar-refractivity contribution < 1.29 is 47.6 Å². The number of carbonyl (C=O) groups excluding carboxylic acids is 3. The molecule has 39 heavy (non-hydrogen) atoms. The van der Waals surface area contributed by atoms with E-state index < -0.39 is 6.09 Å². The molecule has 0 aliphatic carbocycles. The molecule has 0 bridgehead atoms. The van der Waals surface area contributed by atoms with Crippen LogP contribution < -0.4 is 34.6 Å². The number of nitrogens with one attached hydrogen (secondary N) is 2. The number of likely N-dealkylation sites (tertiary alicyclic amines) is 1. The number of halogens is 1. The van der Waals surface area contributed by atoms with Crippen LogP contribution in [0.4, 0.5) is 16.3 Å². The molecule has 0 atom stereocenters. The summed E-state index contributed by atoms with van der Waals surface area (Å²) in [5, 5.41) is 5.73. The molecule has 8 nitrogen and oxygen atoms in total. The summed E-state index contributed by atoms with van der Waals surface area (Å²) in [4.78, 5) is 40.0. The lowest BCUT2D eigenvalue weighted by Crippen LogP contribution is -3.00. The maximum Gasteiger partial charge on any atom is 0.411 e. The lowest BCUT2D eigenvalue weighted by Gasteiger charge is -2.36. The molecule has 2 N–H and O–H groups in total. The van der Waals surface area contributed by atoms with Gasteiger partial charge in [-0.3, -0.25) is 14.9 Å². The molecule has 2 heterocycles. The predicted octanol–water partition coefficient (Wildman–Crippen LogP) is 2.31. The lowest BCUT2D eigenvalue weighted by molar-refractivity contribution is -0.896. The molecule has 0 radical (unpaired) electrons. The number of benzene rings is 2. The van der Waals surface area contributed by atoms with Crippen LogP contribution in [0.2, 0.25) is 0 Å². The van der Waals surface area contributed by atoms with Gasteiger partial charge >= 0.3 is 6.09 Å². The second-order valence-electron chi connectivity index (χ2n) is 10.4. The Balaban J connectivity index is 0.00000420. The van der Waals surface area contributed by atoms with Gasteiger partial charge in [-0.05, 0) is 42.2 Å². The molecular formula is C30H35IN4O4. The molecule has 0 unspecified atom stereocenters. The van der Waals surface area contributed by atoms with E-state index in [4.69, 9.17) is 4.74 Å². The Morgan fingerprint density at radius 2 is 1.77 bits per heavy atom. The number of carbonyl (C=O) groups is 3. The molecule has 9 heteroatoms. The van der Waals surface area contributed by atoms with Crippen molar-refractivity contribution in [2.75, 3.05) is 37.8 Å². The fourth-order valence-corrected chi connectivity index (χ4v) is 4.58. The summed E-state index contributed by atoms with van der Waals surface area (Å²) in [7, 11) is 4.39. The van der Waals surface area contributed by atoms with Crippen molar-refractivity contribution in [2.24, 2.45) is 0 Å². The third kappa shape index (κ3) is 9.14. The monoisotopic (exact) mass is 642 g/mol. The highest BCUT2D eigenvalue weighted by molar-refractivity contribution is 5.92. The Morgan fingerprint density at radius 3 is 2.44 bits per heavy atom. The zero-order chi connectivity index (χ0) is 27.0. The Morgan fingerprint density at radius 1 is 1.03 bits per heavy atom. The number of piperidine rings is 1. The normalized spacial score (nSPS) is 14.5. The second kappa shape index (κ2) is 14.2. The van der Waals surface area contributed by atoms with Crippen LogP contribution in [0.1, 0.15) is 41.6 Å². The van der Waals surface area contributed by atoms with Crippen LogP contribution in [0.25, 0.3) is 11.1 Å². The zero-order valence-corrected chi connectivity index (χ0v) is 24.5. The maximum atomic E-state index is 12.8. The van der Waals surface area contributed by atoms with Crippen LogP contribution in [0, 0.1) is 0 Å². The molecule has 1 aliphatic heterocycles. The van der Waals surface area contributed by atoms with Crippen molar-refractivity contribution in [2.45, 2.75) is 38.2 Å². The number of hydrogen-bond acceptors (Lipinski definition) is 5. The average Bonchev–Trinajstić information content (AvgIpc) is 2.91. The summed E-state index contributed by atoms with van der Waals surface area (Å²) in [6, 6.07) is 19.1. The lowest BCUT2D eigenvalue weighted by atomic mass is 9.99. The van der Waals surface area contributed by atoms with Gasteiger partial charge in [0.2, 0.25) is 5.91 Å². The highest BCUT2D eigenvalue weighted by Crippen LogP contribution is 2.30. The summed E-state index contributed by atoms with van der Waals surface area (Å²) < 4.78 is 6.71. The largest absolute Gasteiger partial charge is 1.00 e. The Kier molecular flexibility index (Phi) is 11.0. The van der Waals surface area contributed by atoms with E-state index in [0.29, 0.717) is 42.6 Å². The minimum atomic E-state index is -0.441. The van der Waals surface area contributed by atoms with Crippen LogP contribution in [-0.2, 0) is 16.0 Å². The number of aryl methyl sites for hydroxylation is 1. The quantitative estimate of drug-likeness (QED) is 0.212. The van der Waals surface area contributed by atoms with Gasteiger partial charge in [0.15, 0.2) is 6.29 Å². The van der Waals surface area contributed by atoms with E-state index in [0.717, 1.165) is 47.1 Å².